The van der Waals surface area contributed by atoms with Crippen molar-refractivity contribution in [2.75, 3.05) is 39.3 Å². The lowest BCUT2D eigenvalue weighted by Crippen LogP contribution is -2.95. The number of hydrogen-bond acceptors (Lipinski definition) is 5. The fourth-order valence-electron chi connectivity index (χ4n) is 6.40. The van der Waals surface area contributed by atoms with Gasteiger partial charge in [0.2, 0.25) is 5.91 Å². The summed E-state index contributed by atoms with van der Waals surface area (Å²) in [7, 11) is 0. The Morgan fingerprint density at radius 3 is 2.70 bits per heavy atom. The highest BCUT2D eigenvalue weighted by atomic mass is 16.5. The van der Waals surface area contributed by atoms with E-state index in [1.54, 1.807) is 0 Å². The number of piperazine rings is 1. The van der Waals surface area contributed by atoms with Crippen LogP contribution in [-0.4, -0.2) is 79.4 Å². The normalized spacial score (nSPS) is 35.6. The second-order valence-corrected chi connectivity index (χ2v) is 11.0. The molecule has 3 heterocycles. The molecule has 0 aromatic rings. The highest BCUT2D eigenvalue weighted by Crippen LogP contribution is 2.43. The van der Waals surface area contributed by atoms with E-state index in [0.29, 0.717) is 43.4 Å². The van der Waals surface area contributed by atoms with Gasteiger partial charge >= 0.3 is 5.97 Å². The number of rotatable bonds is 7. The predicted octanol–water partition coefficient (Wildman–Crippen LogP) is 1.92. The van der Waals surface area contributed by atoms with Crippen LogP contribution in [0.5, 0.6) is 0 Å². The maximum absolute atomic E-state index is 13.1. The van der Waals surface area contributed by atoms with Crippen LogP contribution in [0.15, 0.2) is 12.2 Å². The monoisotopic (exact) mass is 462 g/mol. The van der Waals surface area contributed by atoms with E-state index in [4.69, 9.17) is 9.47 Å². The third-order valence-corrected chi connectivity index (χ3v) is 8.35. The summed E-state index contributed by atoms with van der Waals surface area (Å²) in [6.45, 7) is 13.5. The van der Waals surface area contributed by atoms with E-state index in [1.165, 1.54) is 25.8 Å². The van der Waals surface area contributed by atoms with Gasteiger partial charge in [0.25, 0.3) is 0 Å². The number of hydrogen-bond donors (Lipinski definition) is 1. The second-order valence-electron chi connectivity index (χ2n) is 11.0. The summed E-state index contributed by atoms with van der Waals surface area (Å²) in [5, 5.41) is 2.48. The van der Waals surface area contributed by atoms with Crippen LogP contribution in [-0.2, 0) is 19.1 Å². The fraction of sp³-hybridized carbons (Fsp3) is 0.846. The van der Waals surface area contributed by atoms with Crippen LogP contribution in [0.1, 0.15) is 65.2 Å². The molecule has 2 N–H and O–H groups in total. The Kier molecular flexibility index (Phi) is 8.47. The maximum atomic E-state index is 13.1. The standard InChI is InChI=1S/C26H43N3O4/c1-18(2)17-32-22-16-23-21(19(3)14-26(31)33-23)15-20(22)7-8-25(30)29-12-10-28(11-13-29)24-6-4-5-9-27-24/h19-24,27H,1,4-17H2,2-3H3/p+1. The average Bonchev–Trinajstić information content (AvgIpc) is 2.81. The van der Waals surface area contributed by atoms with Crippen LogP contribution < -0.4 is 5.32 Å². The summed E-state index contributed by atoms with van der Waals surface area (Å²) in [4.78, 5) is 29.7. The van der Waals surface area contributed by atoms with Crippen LogP contribution in [0, 0.1) is 17.8 Å². The van der Waals surface area contributed by atoms with Crippen molar-refractivity contribution in [1.82, 2.24) is 9.80 Å². The largest absolute Gasteiger partial charge is 0.462 e. The van der Waals surface area contributed by atoms with Gasteiger partial charge < -0.3 is 19.7 Å². The average molecular weight is 463 g/mol. The van der Waals surface area contributed by atoms with E-state index in [9.17, 15) is 9.59 Å². The topological polar surface area (TPSA) is 75.7 Å². The van der Waals surface area contributed by atoms with Crippen molar-refractivity contribution in [2.24, 2.45) is 17.8 Å². The van der Waals surface area contributed by atoms with Gasteiger partial charge in [-0.15, -0.1) is 0 Å². The van der Waals surface area contributed by atoms with Crippen LogP contribution in [0.2, 0.25) is 0 Å². The Labute approximate surface area is 199 Å². The minimum Gasteiger partial charge on any atom is -0.462 e. The van der Waals surface area contributed by atoms with E-state index in [2.05, 4.69) is 28.6 Å². The lowest BCUT2D eigenvalue weighted by Gasteiger charge is -2.45. The number of quaternary nitrogens is 1. The zero-order chi connectivity index (χ0) is 23.4. The molecule has 1 saturated carbocycles. The summed E-state index contributed by atoms with van der Waals surface area (Å²) in [5.74, 6) is 1.24. The number of nitrogens with two attached hydrogens (primary N) is 1. The van der Waals surface area contributed by atoms with E-state index < -0.39 is 0 Å². The first kappa shape index (κ1) is 24.7. The molecule has 3 saturated heterocycles. The van der Waals surface area contributed by atoms with Gasteiger partial charge in [0.1, 0.15) is 12.3 Å². The van der Waals surface area contributed by atoms with Crippen LogP contribution in [0.3, 0.4) is 0 Å². The third-order valence-electron chi connectivity index (χ3n) is 8.35. The predicted molar refractivity (Wildman–Crippen MR) is 126 cm³/mol. The van der Waals surface area contributed by atoms with Crippen molar-refractivity contribution in [3.63, 3.8) is 0 Å². The minimum absolute atomic E-state index is 0.0209. The molecule has 6 atom stereocenters. The molecular formula is C26H44N3O4+. The fourth-order valence-corrected chi connectivity index (χ4v) is 6.40. The second kappa shape index (κ2) is 11.3. The maximum Gasteiger partial charge on any atom is 0.306 e. The summed E-state index contributed by atoms with van der Waals surface area (Å²) in [6.07, 6.45) is 8.17. The first-order valence-electron chi connectivity index (χ1n) is 13.2. The number of amides is 1. The lowest BCUT2D eigenvalue weighted by molar-refractivity contribution is -0.717. The van der Waals surface area contributed by atoms with Crippen molar-refractivity contribution in [1.29, 1.82) is 0 Å². The van der Waals surface area contributed by atoms with Crippen molar-refractivity contribution >= 4 is 11.9 Å². The van der Waals surface area contributed by atoms with Gasteiger partial charge in [0.15, 0.2) is 0 Å². The molecule has 33 heavy (non-hydrogen) atoms. The van der Waals surface area contributed by atoms with Crippen molar-refractivity contribution in [2.45, 2.75) is 83.6 Å². The minimum atomic E-state index is -0.0824. The molecule has 4 aliphatic rings. The van der Waals surface area contributed by atoms with Crippen LogP contribution >= 0.6 is 0 Å². The third kappa shape index (κ3) is 6.37. The molecule has 4 fully saturated rings. The molecule has 1 amide bonds. The molecule has 0 bridgehead atoms. The molecule has 7 nitrogen and oxygen atoms in total. The van der Waals surface area contributed by atoms with Gasteiger partial charge in [-0.25, -0.2) is 0 Å². The quantitative estimate of drug-likeness (QED) is 0.462. The number of ether oxygens (including phenoxy) is 2. The van der Waals surface area contributed by atoms with Gasteiger partial charge in [-0.2, -0.15) is 0 Å². The van der Waals surface area contributed by atoms with Crippen molar-refractivity contribution in [3.8, 4) is 0 Å². The van der Waals surface area contributed by atoms with E-state index in [0.717, 1.165) is 51.0 Å². The number of nitrogens with zero attached hydrogens (tertiary/aromatic N) is 2. The molecule has 0 aromatic carbocycles. The summed E-state index contributed by atoms with van der Waals surface area (Å²) >= 11 is 0. The number of carbonyl (C=O) groups is 2. The number of piperidine rings is 1. The molecule has 186 valence electrons. The highest BCUT2D eigenvalue weighted by molar-refractivity contribution is 5.76. The van der Waals surface area contributed by atoms with E-state index in [-0.39, 0.29) is 24.1 Å². The van der Waals surface area contributed by atoms with Crippen molar-refractivity contribution < 1.29 is 24.4 Å². The molecule has 3 aliphatic heterocycles. The van der Waals surface area contributed by atoms with E-state index >= 15 is 0 Å². The lowest BCUT2D eigenvalue weighted by atomic mass is 9.69. The summed E-state index contributed by atoms with van der Waals surface area (Å²) < 4.78 is 11.9. The smallest absolute Gasteiger partial charge is 0.306 e. The van der Waals surface area contributed by atoms with Gasteiger partial charge in [0, 0.05) is 51.9 Å². The Hall–Kier alpha value is -1.44. The van der Waals surface area contributed by atoms with Crippen molar-refractivity contribution in [3.05, 3.63) is 12.2 Å². The van der Waals surface area contributed by atoms with E-state index in [1.807, 2.05) is 6.92 Å². The summed E-state index contributed by atoms with van der Waals surface area (Å²) in [6, 6.07) is 0. The number of carbonyl (C=O) groups excluding carboxylic acids is 2. The van der Waals surface area contributed by atoms with Gasteiger partial charge in [0.05, 0.1) is 19.3 Å². The zero-order valence-electron chi connectivity index (χ0n) is 20.7. The van der Waals surface area contributed by atoms with Crippen LogP contribution in [0.4, 0.5) is 0 Å². The molecule has 0 aromatic heterocycles. The first-order valence-corrected chi connectivity index (χ1v) is 13.2. The van der Waals surface area contributed by atoms with Gasteiger partial charge in [-0.3, -0.25) is 14.5 Å². The first-order chi connectivity index (χ1) is 15.9. The Morgan fingerprint density at radius 1 is 1.21 bits per heavy atom. The molecule has 7 heteroatoms. The van der Waals surface area contributed by atoms with Crippen LogP contribution in [0.25, 0.3) is 0 Å². The molecule has 4 rings (SSSR count). The SMILES string of the molecule is C=C(C)COC1CC2OC(=O)CC(C)C2CC1CCC(=O)N1CCN(C2CCCC[NH2+]2)CC1. The Bertz CT molecular complexity index is 700. The zero-order valence-corrected chi connectivity index (χ0v) is 20.7. The molecule has 0 spiro atoms. The number of esters is 1. The highest BCUT2D eigenvalue weighted by Gasteiger charge is 2.45. The van der Waals surface area contributed by atoms with Gasteiger partial charge in [-0.1, -0.05) is 19.1 Å². The summed E-state index contributed by atoms with van der Waals surface area (Å²) in [5.41, 5.74) is 0.994. The molecular weight excluding hydrogens is 418 g/mol. The molecule has 0 radical (unpaired) electrons. The Morgan fingerprint density at radius 2 is 2.00 bits per heavy atom. The molecule has 6 unspecified atom stereocenters. The van der Waals surface area contributed by atoms with Gasteiger partial charge in [-0.05, 0) is 50.4 Å². The number of fused-ring (bicyclic) bond motifs is 1. The molecule has 1 aliphatic carbocycles. The Balaban J connectivity index is 1.29.